The van der Waals surface area contributed by atoms with Gasteiger partial charge in [-0.2, -0.15) is 10.2 Å². The fourth-order valence-electron chi connectivity index (χ4n) is 0.937. The minimum atomic E-state index is -0.738. The lowest BCUT2D eigenvalue weighted by Gasteiger charge is -1.87. The third-order valence-corrected chi connectivity index (χ3v) is 1.49. The summed E-state index contributed by atoms with van der Waals surface area (Å²) in [5.74, 6) is -1.35. The summed E-state index contributed by atoms with van der Waals surface area (Å²) in [6.45, 7) is 0. The highest BCUT2D eigenvalue weighted by Gasteiger charge is 2.29. The van der Waals surface area contributed by atoms with Gasteiger partial charge in [-0.25, -0.2) is 4.99 Å². The first-order valence-corrected chi connectivity index (χ1v) is 3.23. The van der Waals surface area contributed by atoms with Gasteiger partial charge in [-0.15, -0.1) is 0 Å². The van der Waals surface area contributed by atoms with E-state index in [1.807, 2.05) is 0 Å². The lowest BCUT2D eigenvalue weighted by atomic mass is 10.1. The second kappa shape index (κ2) is 2.30. The van der Waals surface area contributed by atoms with Gasteiger partial charge in [0, 0.05) is 0 Å². The van der Waals surface area contributed by atoms with Crippen molar-refractivity contribution in [1.29, 1.82) is 0 Å². The van der Waals surface area contributed by atoms with E-state index in [2.05, 4.69) is 15.2 Å². The first-order chi connectivity index (χ1) is 5.79. The number of aliphatic imine (C=N–C) groups is 1. The van der Waals surface area contributed by atoms with Crippen LogP contribution in [0.2, 0.25) is 0 Å². The van der Waals surface area contributed by atoms with Gasteiger partial charge in [0.15, 0.2) is 0 Å². The van der Waals surface area contributed by atoms with E-state index in [0.717, 1.165) is 0 Å². The number of Topliss-reactive ketones (excluding diaryl/α,β-unsaturated/α-hetero) is 1. The van der Waals surface area contributed by atoms with Crippen molar-refractivity contribution in [2.45, 2.75) is 0 Å². The Balaban J connectivity index is 2.56. The molecule has 0 atom stereocenters. The Bertz CT molecular complexity index is 387. The number of fused-ring (bicyclic) bond motifs is 1. The van der Waals surface area contributed by atoms with Gasteiger partial charge in [0.05, 0.1) is 23.7 Å². The molecule has 0 aromatic heterocycles. The van der Waals surface area contributed by atoms with Crippen molar-refractivity contribution in [3.8, 4) is 0 Å². The largest absolute Gasteiger partial charge is 0.318 e. The van der Waals surface area contributed by atoms with Crippen LogP contribution in [0.5, 0.6) is 0 Å². The average molecular weight is 161 g/mol. The molecule has 5 nitrogen and oxygen atoms in total. The lowest BCUT2D eigenvalue weighted by molar-refractivity contribution is -0.132. The highest BCUT2D eigenvalue weighted by molar-refractivity contribution is 6.57. The first kappa shape index (κ1) is 6.78. The van der Waals surface area contributed by atoms with Gasteiger partial charge < -0.3 is 0 Å². The minimum absolute atomic E-state index is 0.220. The number of ketones is 1. The monoisotopic (exact) mass is 161 g/mol. The van der Waals surface area contributed by atoms with E-state index in [4.69, 9.17) is 0 Å². The first-order valence-electron chi connectivity index (χ1n) is 3.23. The molecule has 58 valence electrons. The molecule has 0 radical (unpaired) electrons. The number of hydrogen-bond acceptors (Lipinski definition) is 4. The molecule has 2 aliphatic rings. The maximum absolute atomic E-state index is 11.0. The standard InChI is InChI=1S/C7H3N3O2/c11-6-4-3-9-8-2-1-5(4)10-7(6)12/h1-3H. The number of allylic oxidation sites excluding steroid dienone is 1. The maximum Gasteiger partial charge on any atom is 0.318 e. The molecule has 2 aliphatic heterocycles. The molecule has 0 saturated heterocycles. The van der Waals surface area contributed by atoms with E-state index in [1.165, 1.54) is 18.5 Å². The fraction of sp³-hybridized carbons (Fsp3) is 0. The van der Waals surface area contributed by atoms with Crippen LogP contribution in [0.15, 0.2) is 39.3 Å². The summed E-state index contributed by atoms with van der Waals surface area (Å²) in [5.41, 5.74) is 0.563. The second-order valence-corrected chi connectivity index (χ2v) is 2.22. The topological polar surface area (TPSA) is 71.2 Å². The Labute approximate surface area is 67.2 Å². The van der Waals surface area contributed by atoms with Gasteiger partial charge in [-0.05, 0) is 6.08 Å². The number of carbonyl (C=O) groups excluding carboxylic acids is 2. The summed E-state index contributed by atoms with van der Waals surface area (Å²) in [4.78, 5) is 25.3. The van der Waals surface area contributed by atoms with Crippen LogP contribution < -0.4 is 0 Å². The van der Waals surface area contributed by atoms with E-state index < -0.39 is 11.7 Å². The Morgan fingerprint density at radius 2 is 2.00 bits per heavy atom. The zero-order valence-electron chi connectivity index (χ0n) is 5.89. The molecule has 0 unspecified atom stereocenters. The van der Waals surface area contributed by atoms with Gasteiger partial charge in [-0.3, -0.25) is 9.59 Å². The molecule has 0 saturated carbocycles. The summed E-state index contributed by atoms with van der Waals surface area (Å²) >= 11 is 0. The Morgan fingerprint density at radius 3 is 2.83 bits per heavy atom. The van der Waals surface area contributed by atoms with Crippen LogP contribution in [0.4, 0.5) is 0 Å². The quantitative estimate of drug-likeness (QED) is 0.482. The molecule has 0 aromatic carbocycles. The van der Waals surface area contributed by atoms with Crippen molar-refractivity contribution in [1.82, 2.24) is 0 Å². The maximum atomic E-state index is 11.0. The summed E-state index contributed by atoms with van der Waals surface area (Å²) in [6.07, 6.45) is 4.10. The van der Waals surface area contributed by atoms with Crippen molar-refractivity contribution >= 4 is 17.4 Å². The predicted molar refractivity (Wildman–Crippen MR) is 39.5 cm³/mol. The molecular formula is C7H3N3O2. The predicted octanol–water partition coefficient (Wildman–Crippen LogP) is 0.400. The van der Waals surface area contributed by atoms with Crippen molar-refractivity contribution in [2.24, 2.45) is 15.2 Å². The van der Waals surface area contributed by atoms with Crippen LogP contribution in [0.1, 0.15) is 0 Å². The molecule has 0 aromatic rings. The number of nitrogens with zero attached hydrogens (tertiary/aromatic N) is 3. The minimum Gasteiger partial charge on any atom is -0.283 e. The van der Waals surface area contributed by atoms with E-state index >= 15 is 0 Å². The van der Waals surface area contributed by atoms with Crippen molar-refractivity contribution < 1.29 is 9.59 Å². The van der Waals surface area contributed by atoms with Gasteiger partial charge in [-0.1, -0.05) is 0 Å². The van der Waals surface area contributed by atoms with Crippen LogP contribution >= 0.6 is 0 Å². The average Bonchev–Trinajstić information content (AvgIpc) is 2.30. The number of azo groups is 1. The molecule has 0 fully saturated rings. The normalized spacial score (nSPS) is 20.3. The highest BCUT2D eigenvalue weighted by atomic mass is 16.2. The van der Waals surface area contributed by atoms with E-state index in [0.29, 0.717) is 5.71 Å². The molecule has 2 rings (SSSR count). The van der Waals surface area contributed by atoms with Crippen molar-refractivity contribution in [3.63, 3.8) is 0 Å². The summed E-state index contributed by atoms with van der Waals surface area (Å²) in [7, 11) is 0. The molecule has 1 amide bonds. The van der Waals surface area contributed by atoms with E-state index in [9.17, 15) is 9.59 Å². The molecule has 0 N–H and O–H groups in total. The van der Waals surface area contributed by atoms with Gasteiger partial charge in [0.1, 0.15) is 0 Å². The summed E-state index contributed by atoms with van der Waals surface area (Å²) < 4.78 is 0. The summed E-state index contributed by atoms with van der Waals surface area (Å²) in [5, 5.41) is 7.06. The Hall–Kier alpha value is -1.91. The smallest absolute Gasteiger partial charge is 0.283 e. The molecular weight excluding hydrogens is 158 g/mol. The SMILES string of the molecule is O=C1N=C2C=CN=NC=C2C1=O. The van der Waals surface area contributed by atoms with Crippen LogP contribution in [-0.2, 0) is 9.59 Å². The van der Waals surface area contributed by atoms with E-state index in [1.54, 1.807) is 0 Å². The zero-order valence-corrected chi connectivity index (χ0v) is 5.89. The number of amides is 1. The Morgan fingerprint density at radius 1 is 1.17 bits per heavy atom. The number of carbonyl (C=O) groups is 2. The Kier molecular flexibility index (Phi) is 1.30. The molecule has 0 bridgehead atoms. The fourth-order valence-corrected chi connectivity index (χ4v) is 0.937. The molecule has 12 heavy (non-hydrogen) atoms. The van der Waals surface area contributed by atoms with Gasteiger partial charge in [0.2, 0.25) is 0 Å². The molecule has 5 heteroatoms. The number of hydrogen-bond donors (Lipinski definition) is 0. The second-order valence-electron chi connectivity index (χ2n) is 2.22. The third-order valence-electron chi connectivity index (χ3n) is 1.49. The van der Waals surface area contributed by atoms with Crippen molar-refractivity contribution in [2.75, 3.05) is 0 Å². The molecule has 2 heterocycles. The molecule has 0 aliphatic carbocycles. The third kappa shape index (κ3) is 0.833. The van der Waals surface area contributed by atoms with Crippen LogP contribution in [-0.4, -0.2) is 17.4 Å². The molecule has 0 spiro atoms. The number of rotatable bonds is 0. The zero-order chi connectivity index (χ0) is 8.55. The van der Waals surface area contributed by atoms with Crippen LogP contribution in [0, 0.1) is 0 Å². The van der Waals surface area contributed by atoms with Gasteiger partial charge >= 0.3 is 5.91 Å². The van der Waals surface area contributed by atoms with Gasteiger partial charge in [0.25, 0.3) is 5.78 Å². The van der Waals surface area contributed by atoms with Crippen LogP contribution in [0.25, 0.3) is 0 Å². The van der Waals surface area contributed by atoms with Crippen LogP contribution in [0.3, 0.4) is 0 Å². The lowest BCUT2D eigenvalue weighted by Crippen LogP contribution is -2.07. The summed E-state index contributed by atoms with van der Waals surface area (Å²) in [6, 6.07) is 0. The highest BCUT2D eigenvalue weighted by Crippen LogP contribution is 2.14. The van der Waals surface area contributed by atoms with E-state index in [-0.39, 0.29) is 5.57 Å². The van der Waals surface area contributed by atoms with Crippen molar-refractivity contribution in [3.05, 3.63) is 24.0 Å².